The highest BCUT2D eigenvalue weighted by atomic mass is 16.2. The average molecular weight is 399 g/mol. The lowest BCUT2D eigenvalue weighted by Crippen LogP contribution is -2.42. The van der Waals surface area contributed by atoms with Crippen LogP contribution in [0, 0.1) is 0 Å². The smallest absolute Gasteiger partial charge is 0.254 e. The van der Waals surface area contributed by atoms with Crippen molar-refractivity contribution in [2.45, 2.75) is 19.0 Å². The molecule has 4 rings (SSSR count). The molecule has 3 aromatic rings. The van der Waals surface area contributed by atoms with Crippen LogP contribution >= 0.6 is 0 Å². The fraction of sp³-hybridized carbons (Fsp3) is 0.200. The Morgan fingerprint density at radius 2 is 1.60 bits per heavy atom. The van der Waals surface area contributed by atoms with Crippen molar-refractivity contribution in [3.63, 3.8) is 0 Å². The average Bonchev–Trinajstić information content (AvgIpc) is 2.85. The molecule has 5 heteroatoms. The van der Waals surface area contributed by atoms with E-state index in [0.717, 1.165) is 23.2 Å². The summed E-state index contributed by atoms with van der Waals surface area (Å²) in [5, 5.41) is 5.82. The third kappa shape index (κ3) is 4.26. The topological polar surface area (TPSA) is 61.4 Å². The molecule has 0 saturated heterocycles. The molecule has 0 aromatic heterocycles. The van der Waals surface area contributed by atoms with Gasteiger partial charge in [0, 0.05) is 13.0 Å². The zero-order chi connectivity index (χ0) is 21.1. The molecule has 1 atom stereocenters. The van der Waals surface area contributed by atoms with E-state index < -0.39 is 6.04 Å². The molecule has 1 aliphatic rings. The van der Waals surface area contributed by atoms with Crippen molar-refractivity contribution < 1.29 is 9.59 Å². The molecule has 0 radical (unpaired) electrons. The summed E-state index contributed by atoms with van der Waals surface area (Å²) in [5.41, 5.74) is 5.25. The fourth-order valence-electron chi connectivity index (χ4n) is 3.80. The number of benzene rings is 3. The van der Waals surface area contributed by atoms with Crippen LogP contribution in [-0.2, 0) is 17.8 Å². The quantitative estimate of drug-likeness (QED) is 0.688. The number of rotatable bonds is 5. The normalized spacial score (nSPS) is 15.9. The van der Waals surface area contributed by atoms with Crippen LogP contribution in [0.3, 0.4) is 0 Å². The fourth-order valence-corrected chi connectivity index (χ4v) is 3.80. The van der Waals surface area contributed by atoms with Crippen molar-refractivity contribution >= 4 is 17.5 Å². The molecule has 0 bridgehead atoms. The Morgan fingerprint density at radius 3 is 2.37 bits per heavy atom. The van der Waals surface area contributed by atoms with Gasteiger partial charge in [0.15, 0.2) is 0 Å². The van der Waals surface area contributed by atoms with E-state index in [0.29, 0.717) is 17.7 Å². The molecule has 5 nitrogen and oxygen atoms in total. The number of carbonyl (C=O) groups excluding carboxylic acids is 2. The maximum Gasteiger partial charge on any atom is 0.254 e. The van der Waals surface area contributed by atoms with Gasteiger partial charge in [-0.25, -0.2) is 0 Å². The minimum atomic E-state index is -0.614. The third-order valence-electron chi connectivity index (χ3n) is 5.24. The van der Waals surface area contributed by atoms with Crippen LogP contribution in [0.2, 0.25) is 0 Å². The molecule has 0 spiro atoms. The highest BCUT2D eigenvalue weighted by molar-refractivity contribution is 6.10. The van der Waals surface area contributed by atoms with E-state index in [9.17, 15) is 9.59 Å². The van der Waals surface area contributed by atoms with Gasteiger partial charge in [0.1, 0.15) is 6.04 Å². The van der Waals surface area contributed by atoms with Gasteiger partial charge in [-0.05, 0) is 48.5 Å². The first-order valence-corrected chi connectivity index (χ1v) is 10.0. The molecule has 0 fully saturated rings. The maximum atomic E-state index is 13.0. The van der Waals surface area contributed by atoms with E-state index in [1.54, 1.807) is 0 Å². The molecule has 152 valence electrons. The SMILES string of the molecule is CN(C)Cc1ccccc1-c1ccc2c(c1)C(=O)NC(Cc1ccccc1)C(=O)N2. The van der Waals surface area contributed by atoms with E-state index in [-0.39, 0.29) is 11.8 Å². The van der Waals surface area contributed by atoms with Gasteiger partial charge in [-0.1, -0.05) is 60.7 Å². The summed E-state index contributed by atoms with van der Waals surface area (Å²) in [6.45, 7) is 0.801. The third-order valence-corrected chi connectivity index (χ3v) is 5.24. The summed E-state index contributed by atoms with van der Waals surface area (Å²) in [4.78, 5) is 27.8. The molecule has 30 heavy (non-hydrogen) atoms. The molecule has 0 saturated carbocycles. The van der Waals surface area contributed by atoms with E-state index in [1.165, 1.54) is 5.56 Å². The molecule has 0 aliphatic carbocycles. The largest absolute Gasteiger partial charge is 0.340 e. The van der Waals surface area contributed by atoms with Crippen LogP contribution < -0.4 is 10.6 Å². The first-order valence-electron chi connectivity index (χ1n) is 10.0. The van der Waals surface area contributed by atoms with Crippen molar-refractivity contribution in [2.24, 2.45) is 0 Å². The van der Waals surface area contributed by atoms with Crippen LogP contribution in [0.4, 0.5) is 5.69 Å². The first-order chi connectivity index (χ1) is 14.5. The van der Waals surface area contributed by atoms with E-state index in [1.807, 2.05) is 74.8 Å². The zero-order valence-corrected chi connectivity index (χ0v) is 17.2. The molecule has 2 N–H and O–H groups in total. The highest BCUT2D eigenvalue weighted by Gasteiger charge is 2.28. The van der Waals surface area contributed by atoms with Crippen LogP contribution in [0.1, 0.15) is 21.5 Å². The van der Waals surface area contributed by atoms with E-state index in [2.05, 4.69) is 27.7 Å². The Hall–Kier alpha value is -3.44. The summed E-state index contributed by atoms with van der Waals surface area (Å²) in [7, 11) is 4.06. The van der Waals surface area contributed by atoms with Gasteiger partial charge in [0.05, 0.1) is 11.3 Å². The van der Waals surface area contributed by atoms with Crippen LogP contribution in [-0.4, -0.2) is 36.9 Å². The number of anilines is 1. The number of hydrogen-bond acceptors (Lipinski definition) is 3. The van der Waals surface area contributed by atoms with Crippen LogP contribution in [0.5, 0.6) is 0 Å². The monoisotopic (exact) mass is 399 g/mol. The van der Waals surface area contributed by atoms with Gasteiger partial charge in [-0.15, -0.1) is 0 Å². The summed E-state index contributed by atoms with van der Waals surface area (Å²) in [6, 6.07) is 22.9. The van der Waals surface area contributed by atoms with Crippen molar-refractivity contribution in [3.05, 3.63) is 89.5 Å². The maximum absolute atomic E-state index is 13.0. The summed E-state index contributed by atoms with van der Waals surface area (Å²) < 4.78 is 0. The second-order valence-electron chi connectivity index (χ2n) is 7.86. The van der Waals surface area contributed by atoms with Crippen LogP contribution in [0.25, 0.3) is 11.1 Å². The molecule has 1 heterocycles. The number of fused-ring (bicyclic) bond motifs is 1. The van der Waals surface area contributed by atoms with Gasteiger partial charge < -0.3 is 15.5 Å². The number of nitrogens with one attached hydrogen (secondary N) is 2. The van der Waals surface area contributed by atoms with Gasteiger partial charge in [-0.2, -0.15) is 0 Å². The number of amides is 2. The van der Waals surface area contributed by atoms with Crippen molar-refractivity contribution in [2.75, 3.05) is 19.4 Å². The number of carbonyl (C=O) groups is 2. The lowest BCUT2D eigenvalue weighted by molar-refractivity contribution is -0.117. The minimum absolute atomic E-state index is 0.202. The van der Waals surface area contributed by atoms with Gasteiger partial charge in [-0.3, -0.25) is 9.59 Å². The molecular weight excluding hydrogens is 374 g/mol. The Balaban J connectivity index is 1.64. The Labute approximate surface area is 176 Å². The number of hydrogen-bond donors (Lipinski definition) is 2. The predicted molar refractivity (Wildman–Crippen MR) is 119 cm³/mol. The highest BCUT2D eigenvalue weighted by Crippen LogP contribution is 2.29. The molecule has 3 aromatic carbocycles. The zero-order valence-electron chi connectivity index (χ0n) is 17.2. The number of nitrogens with zero attached hydrogens (tertiary/aromatic N) is 1. The minimum Gasteiger partial charge on any atom is -0.340 e. The summed E-state index contributed by atoms with van der Waals surface area (Å²) in [6.07, 6.45) is 0.449. The van der Waals surface area contributed by atoms with Gasteiger partial charge in [0.2, 0.25) is 5.91 Å². The Kier molecular flexibility index (Phi) is 5.63. The predicted octanol–water partition coefficient (Wildman–Crippen LogP) is 3.71. The van der Waals surface area contributed by atoms with Crippen molar-refractivity contribution in [1.29, 1.82) is 0 Å². The summed E-state index contributed by atoms with van der Waals surface area (Å²) in [5.74, 6) is -0.442. The molecule has 1 aliphatic heterocycles. The second-order valence-corrected chi connectivity index (χ2v) is 7.86. The lowest BCUT2D eigenvalue weighted by Gasteiger charge is -2.15. The van der Waals surface area contributed by atoms with Crippen molar-refractivity contribution in [3.8, 4) is 11.1 Å². The standard InChI is InChI=1S/C25H25N3O2/c1-28(2)16-19-10-6-7-11-20(19)18-12-13-22-21(15-18)24(29)27-23(25(30)26-22)14-17-8-4-3-5-9-17/h3-13,15,23H,14,16H2,1-2H3,(H,26,30)(H,27,29). The molecular formula is C25H25N3O2. The molecule has 1 unspecified atom stereocenters. The van der Waals surface area contributed by atoms with Crippen LogP contribution in [0.15, 0.2) is 72.8 Å². The van der Waals surface area contributed by atoms with Gasteiger partial charge >= 0.3 is 0 Å². The van der Waals surface area contributed by atoms with E-state index >= 15 is 0 Å². The van der Waals surface area contributed by atoms with Crippen molar-refractivity contribution in [1.82, 2.24) is 10.2 Å². The Bertz CT molecular complexity index is 1080. The Morgan fingerprint density at radius 1 is 0.867 bits per heavy atom. The van der Waals surface area contributed by atoms with Gasteiger partial charge in [0.25, 0.3) is 5.91 Å². The molecule has 2 amide bonds. The summed E-state index contributed by atoms with van der Waals surface area (Å²) >= 11 is 0. The lowest BCUT2D eigenvalue weighted by atomic mass is 9.97. The van der Waals surface area contributed by atoms with E-state index in [4.69, 9.17) is 0 Å². The first kappa shape index (κ1) is 19.9. The second kappa shape index (κ2) is 8.51.